The molecule has 2 fully saturated rings. The van der Waals surface area contributed by atoms with E-state index < -0.39 is 0 Å². The van der Waals surface area contributed by atoms with Crippen LogP contribution < -0.4 is 9.80 Å². The molecule has 0 bridgehead atoms. The molecule has 0 aromatic carbocycles. The minimum absolute atomic E-state index is 0.400. The Balaban J connectivity index is 1.66. The van der Waals surface area contributed by atoms with Crippen LogP contribution in [0.2, 0.25) is 0 Å². The Morgan fingerprint density at radius 3 is 2.52 bits per heavy atom. The number of hydrogen-bond acceptors (Lipinski definition) is 4. The normalized spacial score (nSPS) is 26.4. The van der Waals surface area contributed by atoms with Crippen LogP contribution >= 0.6 is 0 Å². The molecule has 1 saturated heterocycles. The molecular formula is C18H36N6O+2. The maximum absolute atomic E-state index is 5.22. The van der Waals surface area contributed by atoms with Gasteiger partial charge < -0.3 is 14.5 Å². The third kappa shape index (κ3) is 4.77. The summed E-state index contributed by atoms with van der Waals surface area (Å²) in [5.74, 6) is 1.69. The lowest BCUT2D eigenvalue weighted by Gasteiger charge is -2.36. The van der Waals surface area contributed by atoms with E-state index in [0.717, 1.165) is 24.8 Å². The second-order valence-electron chi connectivity index (χ2n) is 8.23. The Kier molecular flexibility index (Phi) is 6.78. The fourth-order valence-corrected chi connectivity index (χ4v) is 4.71. The molecule has 2 N–H and O–H groups in total. The molecule has 1 aliphatic carbocycles. The van der Waals surface area contributed by atoms with Crippen molar-refractivity contribution in [2.45, 2.75) is 64.6 Å². The molecule has 7 heteroatoms. The highest BCUT2D eigenvalue weighted by Gasteiger charge is 2.37. The van der Waals surface area contributed by atoms with Crippen LogP contribution in [0.15, 0.2) is 0 Å². The molecule has 0 spiro atoms. The van der Waals surface area contributed by atoms with Gasteiger partial charge in [0.1, 0.15) is 26.2 Å². The zero-order valence-electron chi connectivity index (χ0n) is 16.2. The number of aromatic nitrogens is 4. The van der Waals surface area contributed by atoms with Crippen molar-refractivity contribution >= 4 is 0 Å². The first-order chi connectivity index (χ1) is 12.2. The van der Waals surface area contributed by atoms with E-state index in [1.807, 2.05) is 9.58 Å². The summed E-state index contributed by atoms with van der Waals surface area (Å²) in [7, 11) is 1.73. The third-order valence-electron chi connectivity index (χ3n) is 6.05. The number of rotatable bonds is 8. The number of hydrogen-bond donors (Lipinski definition) is 2. The molecule has 0 amide bonds. The summed E-state index contributed by atoms with van der Waals surface area (Å²) in [6, 6.07) is 1.33. The number of piperazine rings is 1. The van der Waals surface area contributed by atoms with Gasteiger partial charge in [0.25, 0.3) is 0 Å². The van der Waals surface area contributed by atoms with E-state index in [1.165, 1.54) is 51.9 Å². The Labute approximate surface area is 151 Å². The first-order valence-electron chi connectivity index (χ1n) is 10.1. The average Bonchev–Trinajstić information content (AvgIpc) is 3.29. The molecule has 1 aromatic rings. The van der Waals surface area contributed by atoms with Gasteiger partial charge in [-0.3, -0.25) is 0 Å². The molecule has 1 atom stereocenters. The second kappa shape index (κ2) is 9.05. The molecule has 0 radical (unpaired) electrons. The van der Waals surface area contributed by atoms with Gasteiger partial charge in [0.2, 0.25) is 5.82 Å². The fourth-order valence-electron chi connectivity index (χ4n) is 4.71. The van der Waals surface area contributed by atoms with E-state index in [4.69, 9.17) is 4.74 Å². The number of tetrazole rings is 1. The number of nitrogens with zero attached hydrogens (tertiary/aromatic N) is 4. The van der Waals surface area contributed by atoms with Crippen LogP contribution in [0.3, 0.4) is 0 Å². The van der Waals surface area contributed by atoms with E-state index in [2.05, 4.69) is 29.4 Å². The van der Waals surface area contributed by atoms with Crippen molar-refractivity contribution < 1.29 is 14.5 Å². The van der Waals surface area contributed by atoms with Gasteiger partial charge >= 0.3 is 0 Å². The van der Waals surface area contributed by atoms with Crippen LogP contribution in [0.5, 0.6) is 0 Å². The molecule has 1 aliphatic heterocycles. The summed E-state index contributed by atoms with van der Waals surface area (Å²) >= 11 is 0. The van der Waals surface area contributed by atoms with Crippen molar-refractivity contribution in [3.63, 3.8) is 0 Å². The Morgan fingerprint density at radius 1 is 1.16 bits per heavy atom. The first-order valence-corrected chi connectivity index (χ1v) is 10.1. The number of nitrogens with one attached hydrogen (secondary N) is 2. The minimum atomic E-state index is 0.400. The molecule has 2 aliphatic rings. The monoisotopic (exact) mass is 352 g/mol. The van der Waals surface area contributed by atoms with E-state index >= 15 is 0 Å². The molecule has 7 nitrogen and oxygen atoms in total. The van der Waals surface area contributed by atoms with Crippen LogP contribution in [0, 0.1) is 5.92 Å². The summed E-state index contributed by atoms with van der Waals surface area (Å²) in [6.07, 6.45) is 6.90. The topological polar surface area (TPSA) is 61.7 Å². The largest absolute Gasteiger partial charge is 0.383 e. The van der Waals surface area contributed by atoms with E-state index in [-0.39, 0.29) is 0 Å². The van der Waals surface area contributed by atoms with Crippen molar-refractivity contribution in [1.82, 2.24) is 20.2 Å². The summed E-state index contributed by atoms with van der Waals surface area (Å²) < 4.78 is 7.18. The SMILES string of the molecule is COCCn1nnnc1[C@H](CC(C)C)[NH+]1CC[NH+](C2CCCC2)CC1. The highest BCUT2D eigenvalue weighted by Crippen LogP contribution is 2.17. The smallest absolute Gasteiger partial charge is 0.209 e. The van der Waals surface area contributed by atoms with Gasteiger partial charge in [0, 0.05) is 13.5 Å². The predicted molar refractivity (Wildman–Crippen MR) is 95.5 cm³/mol. The fraction of sp³-hybridized carbons (Fsp3) is 0.944. The average molecular weight is 353 g/mol. The summed E-state index contributed by atoms with van der Waals surface area (Å²) in [6.45, 7) is 11.1. The van der Waals surface area contributed by atoms with Gasteiger partial charge in [0.05, 0.1) is 19.2 Å². The molecule has 142 valence electrons. The Morgan fingerprint density at radius 2 is 1.88 bits per heavy atom. The quantitative estimate of drug-likeness (QED) is 0.639. The van der Waals surface area contributed by atoms with Crippen molar-refractivity contribution in [3.05, 3.63) is 5.82 Å². The number of quaternary nitrogens is 2. The predicted octanol–water partition coefficient (Wildman–Crippen LogP) is -0.867. The molecule has 0 unspecified atom stereocenters. The molecule has 2 heterocycles. The summed E-state index contributed by atoms with van der Waals surface area (Å²) in [4.78, 5) is 3.52. The van der Waals surface area contributed by atoms with Gasteiger partial charge in [-0.2, -0.15) is 0 Å². The maximum Gasteiger partial charge on any atom is 0.209 e. The first kappa shape index (κ1) is 18.7. The van der Waals surface area contributed by atoms with E-state index in [9.17, 15) is 0 Å². The van der Waals surface area contributed by atoms with Crippen molar-refractivity contribution in [2.75, 3.05) is 39.9 Å². The number of ether oxygens (including phenoxy) is 1. The molecule has 1 saturated carbocycles. The molecule has 3 rings (SSSR count). The van der Waals surface area contributed by atoms with Crippen LogP contribution in [0.1, 0.15) is 57.8 Å². The highest BCUT2D eigenvalue weighted by atomic mass is 16.5. The van der Waals surface area contributed by atoms with Gasteiger partial charge in [0.15, 0.2) is 6.04 Å². The van der Waals surface area contributed by atoms with Crippen molar-refractivity contribution in [1.29, 1.82) is 0 Å². The van der Waals surface area contributed by atoms with Crippen LogP contribution in [0.25, 0.3) is 0 Å². The van der Waals surface area contributed by atoms with Crippen LogP contribution in [0.4, 0.5) is 0 Å². The lowest BCUT2D eigenvalue weighted by Crippen LogP contribution is -3.29. The lowest BCUT2D eigenvalue weighted by atomic mass is 10.0. The summed E-state index contributed by atoms with van der Waals surface area (Å²) in [5, 5.41) is 12.6. The van der Waals surface area contributed by atoms with Crippen molar-refractivity contribution in [2.24, 2.45) is 5.92 Å². The Bertz CT molecular complexity index is 505. The zero-order valence-corrected chi connectivity index (χ0v) is 16.2. The summed E-state index contributed by atoms with van der Waals surface area (Å²) in [5.41, 5.74) is 0. The second-order valence-corrected chi connectivity index (χ2v) is 8.23. The van der Waals surface area contributed by atoms with E-state index in [1.54, 1.807) is 12.0 Å². The van der Waals surface area contributed by atoms with Crippen LogP contribution in [-0.4, -0.2) is 66.1 Å². The van der Waals surface area contributed by atoms with Gasteiger partial charge in [-0.25, -0.2) is 4.68 Å². The zero-order chi connectivity index (χ0) is 17.6. The minimum Gasteiger partial charge on any atom is -0.383 e. The standard InChI is InChI=1S/C18H34N6O/c1-15(2)14-17(18-19-20-21-24(18)12-13-25-3)23-10-8-22(9-11-23)16-6-4-5-7-16/h15-17H,4-14H2,1-3H3/p+2/t17-/m0/s1. The number of methoxy groups -OCH3 is 1. The van der Waals surface area contributed by atoms with Crippen molar-refractivity contribution in [3.8, 4) is 0 Å². The molecule has 1 aromatic heterocycles. The van der Waals surface area contributed by atoms with Gasteiger partial charge in [-0.1, -0.05) is 13.8 Å². The molecular weight excluding hydrogens is 316 g/mol. The molecule has 25 heavy (non-hydrogen) atoms. The Hall–Kier alpha value is -1.05. The highest BCUT2D eigenvalue weighted by molar-refractivity contribution is 4.88. The van der Waals surface area contributed by atoms with E-state index in [0.29, 0.717) is 18.6 Å². The maximum atomic E-state index is 5.22. The van der Waals surface area contributed by atoms with Crippen LogP contribution in [-0.2, 0) is 11.3 Å². The lowest BCUT2D eigenvalue weighted by molar-refractivity contribution is -1.04. The third-order valence-corrected chi connectivity index (χ3v) is 6.05. The van der Waals surface area contributed by atoms with Gasteiger partial charge in [-0.15, -0.1) is 5.10 Å². The van der Waals surface area contributed by atoms with Gasteiger partial charge in [-0.05, 0) is 42.0 Å².